The van der Waals surface area contributed by atoms with Crippen molar-refractivity contribution in [2.45, 2.75) is 18.9 Å². The Labute approximate surface area is 154 Å². The number of nitrogen functional groups attached to an aromatic ring is 1. The number of anilines is 2. The monoisotopic (exact) mass is 372 g/mol. The van der Waals surface area contributed by atoms with E-state index in [4.69, 9.17) is 11.5 Å². The van der Waals surface area contributed by atoms with Crippen molar-refractivity contribution in [3.05, 3.63) is 22.8 Å². The molecular weight excluding hydrogens is 352 g/mol. The van der Waals surface area contributed by atoms with Crippen molar-refractivity contribution >= 4 is 34.3 Å². The van der Waals surface area contributed by atoms with Crippen LogP contribution in [0.5, 0.6) is 0 Å². The minimum absolute atomic E-state index is 0.132. The molecule has 4 heterocycles. The molecule has 4 rings (SSSR count). The molecule has 0 bridgehead atoms. The number of amides is 1. The number of piperidine rings is 1. The normalized spacial score (nSPS) is 17.6. The van der Waals surface area contributed by atoms with Crippen LogP contribution in [0, 0.1) is 0 Å². The number of thiazole rings is 1. The van der Waals surface area contributed by atoms with Crippen molar-refractivity contribution in [1.29, 1.82) is 0 Å². The van der Waals surface area contributed by atoms with Crippen LogP contribution in [0.25, 0.3) is 16.9 Å². The lowest BCUT2D eigenvalue weighted by atomic mass is 10.1. The Morgan fingerprint density at radius 1 is 1.46 bits per heavy atom. The highest BCUT2D eigenvalue weighted by molar-refractivity contribution is 7.12. The molecular formula is C16H20N8OS. The first-order valence-corrected chi connectivity index (χ1v) is 9.27. The van der Waals surface area contributed by atoms with Crippen LogP contribution in [0.4, 0.5) is 11.5 Å². The molecule has 0 saturated carbocycles. The second-order valence-electron chi connectivity index (χ2n) is 6.29. The van der Waals surface area contributed by atoms with E-state index in [1.54, 1.807) is 11.6 Å². The largest absolute Gasteiger partial charge is 0.382 e. The predicted molar refractivity (Wildman–Crippen MR) is 101 cm³/mol. The Morgan fingerprint density at radius 2 is 2.31 bits per heavy atom. The molecule has 26 heavy (non-hydrogen) atoms. The fourth-order valence-corrected chi connectivity index (χ4v) is 4.06. The number of nitrogens with one attached hydrogen (secondary N) is 1. The van der Waals surface area contributed by atoms with E-state index >= 15 is 0 Å². The third-order valence-corrected chi connectivity index (χ3v) is 5.39. The summed E-state index contributed by atoms with van der Waals surface area (Å²) in [6.45, 7) is 1.66. The minimum atomic E-state index is -0.210. The van der Waals surface area contributed by atoms with Gasteiger partial charge in [0.25, 0.3) is 5.91 Å². The second-order valence-corrected chi connectivity index (χ2v) is 7.14. The maximum absolute atomic E-state index is 11.8. The number of aromatic nitrogens is 4. The Morgan fingerprint density at radius 3 is 3.08 bits per heavy atom. The summed E-state index contributed by atoms with van der Waals surface area (Å²) in [7, 11) is 1.59. The van der Waals surface area contributed by atoms with Crippen LogP contribution < -0.4 is 21.7 Å². The average Bonchev–Trinajstić information content (AvgIpc) is 3.26. The zero-order valence-corrected chi connectivity index (χ0v) is 15.2. The van der Waals surface area contributed by atoms with Gasteiger partial charge in [-0.15, -0.1) is 11.3 Å². The number of carbonyl (C=O) groups is 1. The highest BCUT2D eigenvalue weighted by Gasteiger charge is 2.24. The Hall–Kier alpha value is -2.72. The highest BCUT2D eigenvalue weighted by Crippen LogP contribution is 2.35. The zero-order chi connectivity index (χ0) is 18.3. The number of nitrogens with two attached hydrogens (primary N) is 2. The van der Waals surface area contributed by atoms with E-state index in [1.807, 2.05) is 11.4 Å². The van der Waals surface area contributed by atoms with E-state index < -0.39 is 0 Å². The molecule has 5 N–H and O–H groups in total. The van der Waals surface area contributed by atoms with Crippen molar-refractivity contribution in [1.82, 2.24) is 24.9 Å². The first-order valence-electron chi connectivity index (χ1n) is 8.39. The van der Waals surface area contributed by atoms with Gasteiger partial charge in [-0.3, -0.25) is 4.79 Å². The Kier molecular flexibility index (Phi) is 4.21. The lowest BCUT2D eigenvalue weighted by Gasteiger charge is -2.32. The number of carbonyl (C=O) groups excluding carboxylic acids is 1. The molecule has 1 atom stereocenters. The molecule has 3 aromatic heterocycles. The van der Waals surface area contributed by atoms with Crippen molar-refractivity contribution in [2.75, 3.05) is 30.8 Å². The van der Waals surface area contributed by atoms with Gasteiger partial charge in [0.1, 0.15) is 17.5 Å². The maximum Gasteiger partial charge on any atom is 0.280 e. The summed E-state index contributed by atoms with van der Waals surface area (Å²) in [6, 6.07) is 2.13. The summed E-state index contributed by atoms with van der Waals surface area (Å²) < 4.78 is 1.74. The molecule has 136 valence electrons. The highest BCUT2D eigenvalue weighted by atomic mass is 32.1. The molecule has 0 aromatic carbocycles. The predicted octanol–water partition coefficient (Wildman–Crippen LogP) is 0.722. The molecule has 1 aliphatic heterocycles. The summed E-state index contributed by atoms with van der Waals surface area (Å²) in [6.07, 6.45) is 3.46. The third-order valence-electron chi connectivity index (χ3n) is 4.55. The third kappa shape index (κ3) is 2.76. The van der Waals surface area contributed by atoms with E-state index in [1.165, 1.54) is 17.7 Å². The second kappa shape index (κ2) is 6.54. The number of rotatable bonds is 3. The zero-order valence-electron chi connectivity index (χ0n) is 14.3. The summed E-state index contributed by atoms with van der Waals surface area (Å²) in [4.78, 5) is 22.6. The fraction of sp³-hybridized carbons (Fsp3) is 0.375. The van der Waals surface area contributed by atoms with E-state index in [2.05, 4.69) is 25.3 Å². The van der Waals surface area contributed by atoms with Crippen molar-refractivity contribution in [3.63, 3.8) is 0 Å². The number of nitrogens with zero attached hydrogens (tertiary/aromatic N) is 5. The molecule has 0 aliphatic carbocycles. The molecule has 1 aliphatic rings. The molecule has 10 heteroatoms. The molecule has 3 aromatic rings. The van der Waals surface area contributed by atoms with Crippen LogP contribution in [0.15, 0.2) is 17.8 Å². The van der Waals surface area contributed by atoms with Crippen molar-refractivity contribution < 1.29 is 4.79 Å². The van der Waals surface area contributed by atoms with Gasteiger partial charge in [0.05, 0.1) is 11.4 Å². The van der Waals surface area contributed by atoms with E-state index in [9.17, 15) is 4.79 Å². The SMILES string of the molecule is CNC(=O)c1nc(-c2cc(N3CCCC(N)C3)c3c(N)ncnn23)cs1. The number of hydrogen-bond acceptors (Lipinski definition) is 8. The van der Waals surface area contributed by atoms with Gasteiger partial charge < -0.3 is 21.7 Å². The first-order chi connectivity index (χ1) is 12.6. The van der Waals surface area contributed by atoms with Gasteiger partial charge in [0.15, 0.2) is 10.8 Å². The van der Waals surface area contributed by atoms with Gasteiger partial charge >= 0.3 is 0 Å². The molecule has 1 unspecified atom stereocenters. The van der Waals surface area contributed by atoms with Crippen LogP contribution in [0.1, 0.15) is 22.6 Å². The lowest BCUT2D eigenvalue weighted by molar-refractivity contribution is 0.0963. The van der Waals surface area contributed by atoms with Crippen LogP contribution in [-0.4, -0.2) is 51.7 Å². The quantitative estimate of drug-likeness (QED) is 0.618. The smallest absolute Gasteiger partial charge is 0.280 e. The summed E-state index contributed by atoms with van der Waals surface area (Å²) >= 11 is 1.29. The number of fused-ring (bicyclic) bond motifs is 1. The van der Waals surface area contributed by atoms with Crippen molar-refractivity contribution in [2.24, 2.45) is 5.73 Å². The summed E-state index contributed by atoms with van der Waals surface area (Å²) in [5.74, 6) is 0.195. The van der Waals surface area contributed by atoms with Crippen molar-refractivity contribution in [3.8, 4) is 11.4 Å². The van der Waals surface area contributed by atoms with E-state index in [-0.39, 0.29) is 11.9 Å². The van der Waals surface area contributed by atoms with Crippen LogP contribution in [0.2, 0.25) is 0 Å². The molecule has 1 amide bonds. The van der Waals surface area contributed by atoms with Gasteiger partial charge in [0, 0.05) is 31.6 Å². The Balaban J connectivity index is 1.84. The standard InChI is InChI=1S/C16H20N8OS/c1-19-15(25)16-22-10(7-26-16)11-5-12(23-4-2-3-9(17)6-23)13-14(18)20-8-21-24(11)13/h5,7-9H,2-4,6,17H2,1H3,(H,19,25)(H2,18,20,21). The number of hydrogen-bond donors (Lipinski definition) is 3. The fourth-order valence-electron chi connectivity index (χ4n) is 3.30. The molecule has 1 saturated heterocycles. The van der Waals surface area contributed by atoms with Crippen LogP contribution in [0.3, 0.4) is 0 Å². The minimum Gasteiger partial charge on any atom is -0.382 e. The van der Waals surface area contributed by atoms with Gasteiger partial charge in [-0.1, -0.05) is 0 Å². The topological polar surface area (TPSA) is 127 Å². The lowest BCUT2D eigenvalue weighted by Crippen LogP contribution is -2.42. The van der Waals surface area contributed by atoms with E-state index in [0.717, 1.165) is 42.8 Å². The molecule has 9 nitrogen and oxygen atoms in total. The maximum atomic E-state index is 11.8. The van der Waals surface area contributed by atoms with Crippen LogP contribution in [-0.2, 0) is 0 Å². The van der Waals surface area contributed by atoms with Gasteiger partial charge in [-0.05, 0) is 18.9 Å². The average molecular weight is 372 g/mol. The Bertz CT molecular complexity index is 964. The van der Waals surface area contributed by atoms with Gasteiger partial charge in [0.2, 0.25) is 0 Å². The van der Waals surface area contributed by atoms with Gasteiger partial charge in [-0.2, -0.15) is 5.10 Å². The molecule has 0 radical (unpaired) electrons. The first kappa shape index (κ1) is 16.7. The molecule has 1 fully saturated rings. The van der Waals surface area contributed by atoms with E-state index in [0.29, 0.717) is 16.5 Å². The summed E-state index contributed by atoms with van der Waals surface area (Å²) in [5, 5.41) is 9.19. The molecule has 0 spiro atoms. The van der Waals surface area contributed by atoms with Gasteiger partial charge in [-0.25, -0.2) is 14.5 Å². The van der Waals surface area contributed by atoms with Crippen LogP contribution >= 0.6 is 11.3 Å². The summed E-state index contributed by atoms with van der Waals surface area (Å²) in [5.41, 5.74) is 15.4.